The molecule has 17 heavy (non-hydrogen) atoms. The first-order chi connectivity index (χ1) is 8.40. The number of hydrogen-bond acceptors (Lipinski definition) is 2. The van der Waals surface area contributed by atoms with E-state index in [-0.39, 0.29) is 6.61 Å². The third-order valence-corrected chi connectivity index (χ3v) is 2.89. The fraction of sp³-hybridized carbons (Fsp3) is 0.0714. The molecule has 0 fully saturated rings. The van der Waals surface area contributed by atoms with Crippen LogP contribution in [-0.4, -0.2) is 14.7 Å². The lowest BCUT2D eigenvalue weighted by Gasteiger charge is -2.03. The number of nitrogens with zero attached hydrogens (tertiary/aromatic N) is 2. The smallest absolute Gasteiger partial charge is 0.0702 e. The van der Waals surface area contributed by atoms with E-state index in [0.717, 1.165) is 22.2 Å². The average molecular weight is 224 g/mol. The molecule has 84 valence electrons. The Balaban J connectivity index is 2.31. The van der Waals surface area contributed by atoms with Gasteiger partial charge < -0.3 is 9.67 Å². The second-order valence-electron chi connectivity index (χ2n) is 3.91. The molecular formula is C14H12N2O. The summed E-state index contributed by atoms with van der Waals surface area (Å²) in [6.07, 6.45) is 5.53. The predicted molar refractivity (Wildman–Crippen MR) is 67.0 cm³/mol. The maximum Gasteiger partial charge on any atom is 0.0702 e. The predicted octanol–water partition coefficient (Wildman–Crippen LogP) is 2.52. The largest absolute Gasteiger partial charge is 0.392 e. The van der Waals surface area contributed by atoms with Gasteiger partial charge in [-0.3, -0.25) is 4.98 Å². The highest BCUT2D eigenvalue weighted by molar-refractivity contribution is 5.85. The third kappa shape index (κ3) is 1.61. The Kier molecular flexibility index (Phi) is 2.38. The summed E-state index contributed by atoms with van der Waals surface area (Å²) in [7, 11) is 0. The highest BCUT2D eigenvalue weighted by atomic mass is 16.3. The minimum Gasteiger partial charge on any atom is -0.392 e. The quantitative estimate of drug-likeness (QED) is 0.726. The van der Waals surface area contributed by atoms with Crippen molar-refractivity contribution in [2.24, 2.45) is 0 Å². The van der Waals surface area contributed by atoms with Crippen LogP contribution >= 0.6 is 0 Å². The van der Waals surface area contributed by atoms with E-state index in [2.05, 4.69) is 4.98 Å². The lowest BCUT2D eigenvalue weighted by Crippen LogP contribution is -1.91. The summed E-state index contributed by atoms with van der Waals surface area (Å²) in [6, 6.07) is 11.9. The molecule has 0 aliphatic heterocycles. The van der Waals surface area contributed by atoms with Crippen molar-refractivity contribution in [3.05, 3.63) is 60.6 Å². The van der Waals surface area contributed by atoms with E-state index in [1.165, 1.54) is 0 Å². The first kappa shape index (κ1) is 10.1. The zero-order valence-corrected chi connectivity index (χ0v) is 9.24. The fourth-order valence-electron chi connectivity index (χ4n) is 2.09. The van der Waals surface area contributed by atoms with Gasteiger partial charge in [-0.05, 0) is 18.2 Å². The van der Waals surface area contributed by atoms with Gasteiger partial charge in [-0.1, -0.05) is 18.2 Å². The molecule has 0 atom stereocenters. The fourth-order valence-corrected chi connectivity index (χ4v) is 2.09. The molecule has 0 unspecified atom stereocenters. The van der Waals surface area contributed by atoms with Crippen LogP contribution in [-0.2, 0) is 6.61 Å². The Bertz CT molecular complexity index is 644. The summed E-state index contributed by atoms with van der Waals surface area (Å²) < 4.78 is 2.05. The monoisotopic (exact) mass is 224 g/mol. The average Bonchev–Trinajstić information content (AvgIpc) is 2.78. The van der Waals surface area contributed by atoms with Crippen molar-refractivity contribution in [2.45, 2.75) is 6.61 Å². The summed E-state index contributed by atoms with van der Waals surface area (Å²) >= 11 is 0. The minimum absolute atomic E-state index is 0.0494. The maximum atomic E-state index is 9.37. The van der Waals surface area contributed by atoms with Crippen molar-refractivity contribution in [1.82, 2.24) is 9.55 Å². The van der Waals surface area contributed by atoms with Crippen LogP contribution < -0.4 is 0 Å². The lowest BCUT2D eigenvalue weighted by atomic mass is 10.2. The van der Waals surface area contributed by atoms with Crippen LogP contribution in [0.5, 0.6) is 0 Å². The van der Waals surface area contributed by atoms with E-state index in [9.17, 15) is 5.11 Å². The maximum absolute atomic E-state index is 9.37. The number of hydrogen-bond donors (Lipinski definition) is 1. The summed E-state index contributed by atoms with van der Waals surface area (Å²) in [5.41, 5.74) is 3.03. The van der Waals surface area contributed by atoms with Crippen LogP contribution in [0, 0.1) is 0 Å². The van der Waals surface area contributed by atoms with Gasteiger partial charge in [-0.25, -0.2) is 0 Å². The van der Waals surface area contributed by atoms with Gasteiger partial charge in [0.25, 0.3) is 0 Å². The third-order valence-electron chi connectivity index (χ3n) is 2.89. The molecule has 0 spiro atoms. The molecule has 0 bridgehead atoms. The molecule has 1 aromatic carbocycles. The van der Waals surface area contributed by atoms with Crippen LogP contribution in [0.2, 0.25) is 0 Å². The Hall–Kier alpha value is -2.13. The topological polar surface area (TPSA) is 38.0 Å². The molecule has 3 rings (SSSR count). The van der Waals surface area contributed by atoms with Crippen molar-refractivity contribution in [3.63, 3.8) is 0 Å². The van der Waals surface area contributed by atoms with Crippen molar-refractivity contribution in [2.75, 3.05) is 0 Å². The Morgan fingerprint density at radius 1 is 1.12 bits per heavy atom. The van der Waals surface area contributed by atoms with E-state index in [1.54, 1.807) is 6.20 Å². The zero-order chi connectivity index (χ0) is 11.7. The highest BCUT2D eigenvalue weighted by Gasteiger charge is 2.07. The van der Waals surface area contributed by atoms with Crippen LogP contribution in [0.3, 0.4) is 0 Å². The summed E-state index contributed by atoms with van der Waals surface area (Å²) in [5.74, 6) is 0. The number of aliphatic hydroxyl groups excluding tert-OH is 1. The first-order valence-electron chi connectivity index (χ1n) is 5.50. The molecule has 0 saturated heterocycles. The standard InChI is InChI=1S/C14H12N2O/c17-10-11-9-16(12-4-3-7-15-8-12)14-6-2-1-5-13(11)14/h1-9,17H,10H2. The zero-order valence-electron chi connectivity index (χ0n) is 9.24. The SMILES string of the molecule is OCc1cn(-c2cccnc2)c2ccccc12. The van der Waals surface area contributed by atoms with Crippen molar-refractivity contribution in [3.8, 4) is 5.69 Å². The van der Waals surface area contributed by atoms with Crippen LogP contribution in [0.15, 0.2) is 55.0 Å². The summed E-state index contributed by atoms with van der Waals surface area (Å²) in [5, 5.41) is 10.4. The van der Waals surface area contributed by atoms with Gasteiger partial charge in [0.05, 0.1) is 24.0 Å². The number of rotatable bonds is 2. The normalized spacial score (nSPS) is 10.9. The van der Waals surface area contributed by atoms with E-state index >= 15 is 0 Å². The molecule has 0 radical (unpaired) electrons. The number of pyridine rings is 1. The summed E-state index contributed by atoms with van der Waals surface area (Å²) in [4.78, 5) is 4.12. The second kappa shape index (κ2) is 4.03. The van der Waals surface area contributed by atoms with Crippen molar-refractivity contribution < 1.29 is 5.11 Å². The molecule has 0 aliphatic carbocycles. The van der Waals surface area contributed by atoms with Crippen LogP contribution in [0.1, 0.15) is 5.56 Å². The number of para-hydroxylation sites is 1. The number of fused-ring (bicyclic) bond motifs is 1. The van der Waals surface area contributed by atoms with Crippen molar-refractivity contribution in [1.29, 1.82) is 0 Å². The molecule has 3 nitrogen and oxygen atoms in total. The second-order valence-corrected chi connectivity index (χ2v) is 3.91. The Morgan fingerprint density at radius 3 is 2.76 bits per heavy atom. The van der Waals surface area contributed by atoms with Gasteiger partial charge in [0.15, 0.2) is 0 Å². The van der Waals surface area contributed by atoms with Gasteiger partial charge >= 0.3 is 0 Å². The van der Waals surface area contributed by atoms with Gasteiger partial charge in [-0.15, -0.1) is 0 Å². The van der Waals surface area contributed by atoms with E-state index in [0.29, 0.717) is 0 Å². The van der Waals surface area contributed by atoms with Crippen LogP contribution in [0.25, 0.3) is 16.6 Å². The summed E-state index contributed by atoms with van der Waals surface area (Å²) in [6.45, 7) is 0.0494. The van der Waals surface area contributed by atoms with Crippen molar-refractivity contribution >= 4 is 10.9 Å². The molecule has 0 amide bonds. The highest BCUT2D eigenvalue weighted by Crippen LogP contribution is 2.24. The van der Waals surface area contributed by atoms with Gasteiger partial charge in [0.2, 0.25) is 0 Å². The molecule has 3 aromatic rings. The Labute approximate surface area is 99.0 Å². The number of benzene rings is 1. The first-order valence-corrected chi connectivity index (χ1v) is 5.50. The van der Waals surface area contributed by atoms with E-state index in [1.807, 2.05) is 53.4 Å². The Morgan fingerprint density at radius 2 is 2.00 bits per heavy atom. The molecule has 1 N–H and O–H groups in total. The number of aromatic nitrogens is 2. The molecular weight excluding hydrogens is 212 g/mol. The molecule has 0 aliphatic rings. The molecule has 2 aromatic heterocycles. The van der Waals surface area contributed by atoms with E-state index in [4.69, 9.17) is 0 Å². The number of aliphatic hydroxyl groups is 1. The van der Waals surface area contributed by atoms with Crippen LogP contribution in [0.4, 0.5) is 0 Å². The van der Waals surface area contributed by atoms with Gasteiger partial charge in [-0.2, -0.15) is 0 Å². The minimum atomic E-state index is 0.0494. The molecule has 2 heterocycles. The lowest BCUT2D eigenvalue weighted by molar-refractivity contribution is 0.283. The van der Waals surface area contributed by atoms with E-state index < -0.39 is 0 Å². The molecule has 0 saturated carbocycles. The van der Waals surface area contributed by atoms with Gasteiger partial charge in [0, 0.05) is 23.3 Å². The van der Waals surface area contributed by atoms with Gasteiger partial charge in [0.1, 0.15) is 0 Å². The molecule has 3 heteroatoms.